The van der Waals surface area contributed by atoms with Crippen LogP contribution in [0, 0.1) is 5.82 Å². The molecule has 1 amide bonds. The molecule has 2 saturated heterocycles. The zero-order valence-corrected chi connectivity index (χ0v) is 23.1. The Balaban J connectivity index is 1.21. The van der Waals surface area contributed by atoms with Gasteiger partial charge in [0, 0.05) is 36.4 Å². The summed E-state index contributed by atoms with van der Waals surface area (Å²) in [4.78, 5) is 21.4. The van der Waals surface area contributed by atoms with E-state index in [4.69, 9.17) is 14.4 Å². The smallest absolute Gasteiger partial charge is 0.410 e. The van der Waals surface area contributed by atoms with Crippen molar-refractivity contribution >= 4 is 17.0 Å². The molecular weight excluding hydrogens is 487 g/mol. The highest BCUT2D eigenvalue weighted by molar-refractivity contribution is 5.84. The normalized spacial score (nSPS) is 19.3. The third kappa shape index (κ3) is 5.41. The Bertz CT molecular complexity index is 1270. The van der Waals surface area contributed by atoms with E-state index in [2.05, 4.69) is 28.9 Å². The minimum atomic E-state index is -0.473. The first-order chi connectivity index (χ1) is 18.1. The summed E-state index contributed by atoms with van der Waals surface area (Å²) < 4.78 is 27.6. The van der Waals surface area contributed by atoms with Gasteiger partial charge in [-0.15, -0.1) is 0 Å². The summed E-state index contributed by atoms with van der Waals surface area (Å²) in [6.07, 6.45) is 4.41. The number of carbonyl (C=O) groups is 1. The number of benzene rings is 1. The van der Waals surface area contributed by atoms with E-state index in [0.717, 1.165) is 69.4 Å². The largest absolute Gasteiger partial charge is 0.444 e. The lowest BCUT2D eigenvalue weighted by Gasteiger charge is -2.41. The van der Waals surface area contributed by atoms with Crippen LogP contribution in [0.5, 0.6) is 0 Å². The Morgan fingerprint density at radius 1 is 1.16 bits per heavy atom. The maximum atomic E-state index is 14.9. The Morgan fingerprint density at radius 3 is 2.53 bits per heavy atom. The van der Waals surface area contributed by atoms with E-state index in [0.29, 0.717) is 17.4 Å². The van der Waals surface area contributed by atoms with E-state index in [1.807, 2.05) is 31.7 Å². The van der Waals surface area contributed by atoms with Crippen LogP contribution in [0.1, 0.15) is 90.1 Å². The first-order valence-corrected chi connectivity index (χ1v) is 13.9. The van der Waals surface area contributed by atoms with Crippen LogP contribution in [-0.4, -0.2) is 73.6 Å². The molecule has 4 heterocycles. The summed E-state index contributed by atoms with van der Waals surface area (Å²) in [7, 11) is 0. The molecule has 0 N–H and O–H groups in total. The Hall–Kier alpha value is -3.01. The Morgan fingerprint density at radius 2 is 1.87 bits per heavy atom. The molecular formula is C28H39FN6O3. The average Bonchev–Trinajstić information content (AvgIpc) is 3.54. The van der Waals surface area contributed by atoms with E-state index in [1.54, 1.807) is 6.07 Å². The van der Waals surface area contributed by atoms with Gasteiger partial charge in [-0.25, -0.2) is 9.18 Å². The number of carbonyl (C=O) groups excluding carboxylic acids is 1. The van der Waals surface area contributed by atoms with Crippen molar-refractivity contribution in [2.24, 2.45) is 0 Å². The van der Waals surface area contributed by atoms with Crippen LogP contribution < -0.4 is 0 Å². The standard InChI is InChI=1S/C28H39FN6O3/c1-6-18(2)23-21-8-7-9-22(29)24(21)35(31-23)26-30-25(38-32-26)19-10-14-33(15-11-19)20-12-16-34(17-13-20)27(36)37-28(3,4)5/h7-9,18-20H,6,10-17H2,1-5H3. The molecule has 0 bridgehead atoms. The second kappa shape index (κ2) is 10.6. The van der Waals surface area contributed by atoms with Crippen molar-refractivity contribution in [2.45, 2.75) is 90.2 Å². The molecule has 2 aliphatic rings. The lowest BCUT2D eigenvalue weighted by atomic mass is 9.93. The predicted octanol–water partition coefficient (Wildman–Crippen LogP) is 5.64. The molecule has 2 aromatic heterocycles. The fraction of sp³-hybridized carbons (Fsp3) is 0.643. The van der Waals surface area contributed by atoms with Gasteiger partial charge in [0.05, 0.1) is 5.69 Å². The van der Waals surface area contributed by atoms with Gasteiger partial charge < -0.3 is 19.1 Å². The first-order valence-electron chi connectivity index (χ1n) is 13.9. The molecule has 5 rings (SSSR count). The van der Waals surface area contributed by atoms with Crippen molar-refractivity contribution in [1.82, 2.24) is 29.7 Å². The molecule has 2 aliphatic heterocycles. The zero-order chi connectivity index (χ0) is 27.0. The van der Waals surface area contributed by atoms with Crippen LogP contribution in [-0.2, 0) is 4.74 Å². The van der Waals surface area contributed by atoms with E-state index in [9.17, 15) is 9.18 Å². The average molecular weight is 527 g/mol. The summed E-state index contributed by atoms with van der Waals surface area (Å²) in [6.45, 7) is 13.2. The quantitative estimate of drug-likeness (QED) is 0.425. The van der Waals surface area contributed by atoms with E-state index in [-0.39, 0.29) is 29.7 Å². The van der Waals surface area contributed by atoms with Crippen molar-refractivity contribution in [2.75, 3.05) is 26.2 Å². The third-order valence-corrected chi connectivity index (χ3v) is 7.89. The number of fused-ring (bicyclic) bond motifs is 1. The van der Waals surface area contributed by atoms with Gasteiger partial charge in [-0.05, 0) is 77.2 Å². The van der Waals surface area contributed by atoms with Crippen LogP contribution in [0.25, 0.3) is 16.9 Å². The van der Waals surface area contributed by atoms with Gasteiger partial charge >= 0.3 is 6.09 Å². The summed E-state index contributed by atoms with van der Waals surface area (Å²) in [5, 5.41) is 9.69. The van der Waals surface area contributed by atoms with Crippen molar-refractivity contribution in [3.63, 3.8) is 0 Å². The number of likely N-dealkylation sites (tertiary alicyclic amines) is 2. The van der Waals surface area contributed by atoms with Crippen LogP contribution in [0.15, 0.2) is 22.7 Å². The molecule has 0 aliphatic carbocycles. The molecule has 9 nitrogen and oxygen atoms in total. The van der Waals surface area contributed by atoms with Crippen LogP contribution in [0.3, 0.4) is 0 Å². The van der Waals surface area contributed by atoms with Crippen molar-refractivity contribution in [3.05, 3.63) is 35.6 Å². The van der Waals surface area contributed by atoms with Crippen molar-refractivity contribution in [1.29, 1.82) is 0 Å². The number of ether oxygens (including phenoxy) is 1. The molecule has 1 aromatic carbocycles. The van der Waals surface area contributed by atoms with Gasteiger partial charge in [-0.3, -0.25) is 0 Å². The molecule has 206 valence electrons. The number of rotatable bonds is 5. The molecule has 0 saturated carbocycles. The lowest BCUT2D eigenvalue weighted by molar-refractivity contribution is 0.0124. The number of hydrogen-bond acceptors (Lipinski definition) is 7. The van der Waals surface area contributed by atoms with Crippen LogP contribution in [0.2, 0.25) is 0 Å². The minimum Gasteiger partial charge on any atom is -0.444 e. The molecule has 0 radical (unpaired) electrons. The fourth-order valence-electron chi connectivity index (χ4n) is 5.58. The monoisotopic (exact) mass is 526 g/mol. The van der Waals surface area contributed by atoms with Crippen molar-refractivity contribution < 1.29 is 18.4 Å². The van der Waals surface area contributed by atoms with Gasteiger partial charge in [-0.1, -0.05) is 26.0 Å². The highest BCUT2D eigenvalue weighted by Crippen LogP contribution is 2.33. The maximum absolute atomic E-state index is 14.9. The van der Waals surface area contributed by atoms with E-state index < -0.39 is 5.60 Å². The number of hydrogen-bond donors (Lipinski definition) is 0. The summed E-state index contributed by atoms with van der Waals surface area (Å²) in [6, 6.07) is 5.52. The predicted molar refractivity (Wildman–Crippen MR) is 142 cm³/mol. The summed E-state index contributed by atoms with van der Waals surface area (Å²) >= 11 is 0. The molecule has 1 unspecified atom stereocenters. The maximum Gasteiger partial charge on any atom is 0.410 e. The Kier molecular flexibility index (Phi) is 7.44. The minimum absolute atomic E-state index is 0.162. The Labute approximate surface area is 223 Å². The number of amides is 1. The number of halogens is 1. The van der Waals surface area contributed by atoms with Gasteiger partial charge in [-0.2, -0.15) is 14.8 Å². The zero-order valence-electron chi connectivity index (χ0n) is 23.1. The molecule has 10 heteroatoms. The van der Waals surface area contributed by atoms with E-state index in [1.165, 1.54) is 10.7 Å². The van der Waals surface area contributed by atoms with E-state index >= 15 is 0 Å². The fourth-order valence-corrected chi connectivity index (χ4v) is 5.58. The highest BCUT2D eigenvalue weighted by Gasteiger charge is 2.33. The number of aromatic nitrogens is 4. The summed E-state index contributed by atoms with van der Waals surface area (Å²) in [5.41, 5.74) is 0.765. The topological polar surface area (TPSA) is 89.5 Å². The second-order valence-corrected chi connectivity index (χ2v) is 11.7. The summed E-state index contributed by atoms with van der Waals surface area (Å²) in [5.74, 6) is 0.871. The molecule has 3 aromatic rings. The first kappa shape index (κ1) is 26.6. The molecule has 2 fully saturated rings. The molecule has 1 atom stereocenters. The van der Waals surface area contributed by atoms with Gasteiger partial charge in [0.2, 0.25) is 5.89 Å². The highest BCUT2D eigenvalue weighted by atomic mass is 19.1. The third-order valence-electron chi connectivity index (χ3n) is 7.89. The van der Waals surface area contributed by atoms with Crippen molar-refractivity contribution in [3.8, 4) is 5.95 Å². The molecule has 38 heavy (non-hydrogen) atoms. The lowest BCUT2D eigenvalue weighted by Crippen LogP contribution is -2.49. The number of para-hydroxylation sites is 1. The second-order valence-electron chi connectivity index (χ2n) is 11.7. The van der Waals surface area contributed by atoms with Crippen LogP contribution >= 0.6 is 0 Å². The number of piperidine rings is 2. The SMILES string of the molecule is CCC(C)c1nn(-c2noc(C3CCN(C4CCN(C(=O)OC(C)(C)C)CC4)CC3)n2)c2c(F)cccc12. The van der Waals surface area contributed by atoms with Gasteiger partial charge in [0.25, 0.3) is 5.95 Å². The van der Waals surface area contributed by atoms with Gasteiger partial charge in [0.1, 0.15) is 16.9 Å². The number of nitrogens with zero attached hydrogens (tertiary/aromatic N) is 6. The van der Waals surface area contributed by atoms with Gasteiger partial charge in [0.15, 0.2) is 0 Å². The van der Waals surface area contributed by atoms with Crippen LogP contribution in [0.4, 0.5) is 9.18 Å². The molecule has 0 spiro atoms.